The number of carbonyl (C=O) groups is 1. The number of nitrogens with one attached hydrogen (secondary N) is 1. The summed E-state index contributed by atoms with van der Waals surface area (Å²) in [6, 6.07) is 7.11. The van der Waals surface area contributed by atoms with E-state index in [4.69, 9.17) is 0 Å². The van der Waals surface area contributed by atoms with Crippen molar-refractivity contribution in [3.63, 3.8) is 0 Å². The maximum Gasteiger partial charge on any atom is 0.379 e. The Labute approximate surface area is 180 Å². The highest BCUT2D eigenvalue weighted by Crippen LogP contribution is 2.40. The molecule has 0 aliphatic carbocycles. The highest BCUT2D eigenvalue weighted by Gasteiger charge is 2.62. The van der Waals surface area contributed by atoms with E-state index in [1.54, 1.807) is 39.0 Å². The summed E-state index contributed by atoms with van der Waals surface area (Å²) in [6.45, 7) is 7.29. The predicted molar refractivity (Wildman–Crippen MR) is 111 cm³/mol. The van der Waals surface area contributed by atoms with Crippen molar-refractivity contribution in [2.24, 2.45) is 0 Å². The van der Waals surface area contributed by atoms with Crippen LogP contribution in [0.5, 0.6) is 0 Å². The molecule has 0 bridgehead atoms. The van der Waals surface area contributed by atoms with Gasteiger partial charge in [-0.3, -0.25) is 0 Å². The molecule has 2 rings (SSSR count). The molecule has 0 fully saturated rings. The SMILES string of the molecule is CCOC(=O)C(F)(F)C(C)(N[S@+]([O-])C(C)(C)C)c1cnn(-c2cccc(Br)c2)c1. The predicted octanol–water partition coefficient (Wildman–Crippen LogP) is 4.10. The van der Waals surface area contributed by atoms with E-state index >= 15 is 8.78 Å². The fourth-order valence-electron chi connectivity index (χ4n) is 2.41. The number of alkyl halides is 2. The number of carbonyl (C=O) groups excluding carboxylic acids is 1. The molecule has 0 saturated heterocycles. The van der Waals surface area contributed by atoms with Gasteiger partial charge in [-0.25, -0.2) is 9.48 Å². The molecule has 2 aromatic rings. The Morgan fingerprint density at radius 1 is 1.34 bits per heavy atom. The Balaban J connectivity index is 2.54. The number of hydrogen-bond acceptors (Lipinski definition) is 5. The van der Waals surface area contributed by atoms with Crippen molar-refractivity contribution >= 4 is 33.3 Å². The van der Waals surface area contributed by atoms with Gasteiger partial charge < -0.3 is 9.29 Å². The molecule has 0 radical (unpaired) electrons. The lowest BCUT2D eigenvalue weighted by Gasteiger charge is -2.37. The normalized spacial score (nSPS) is 15.6. The first-order valence-corrected chi connectivity index (χ1v) is 10.8. The second-order valence-electron chi connectivity index (χ2n) is 7.56. The van der Waals surface area contributed by atoms with Crippen LogP contribution in [-0.2, 0) is 26.4 Å². The summed E-state index contributed by atoms with van der Waals surface area (Å²) in [5.74, 6) is -5.70. The topological polar surface area (TPSA) is 79.2 Å². The van der Waals surface area contributed by atoms with Crippen molar-refractivity contribution in [3.8, 4) is 5.69 Å². The second kappa shape index (κ2) is 8.71. The minimum atomic E-state index is -4.00. The minimum Gasteiger partial charge on any atom is -0.598 e. The van der Waals surface area contributed by atoms with E-state index in [-0.39, 0.29) is 12.2 Å². The molecule has 1 unspecified atom stereocenters. The van der Waals surface area contributed by atoms with Crippen molar-refractivity contribution in [2.45, 2.75) is 50.8 Å². The summed E-state index contributed by atoms with van der Waals surface area (Å²) in [5.41, 5.74) is -1.70. The molecular weight excluding hydrogens is 468 g/mol. The van der Waals surface area contributed by atoms with Crippen LogP contribution in [0.3, 0.4) is 0 Å². The third-order valence-corrected chi connectivity index (χ3v) is 6.44. The van der Waals surface area contributed by atoms with Crippen molar-refractivity contribution < 1.29 is 22.9 Å². The molecule has 6 nitrogen and oxygen atoms in total. The molecule has 0 aliphatic rings. The van der Waals surface area contributed by atoms with Crippen LogP contribution in [0.2, 0.25) is 0 Å². The van der Waals surface area contributed by atoms with Crippen LogP contribution in [0.25, 0.3) is 5.69 Å². The third kappa shape index (κ3) is 4.99. The number of benzene rings is 1. The number of esters is 1. The molecular formula is C19H24BrF2N3O3S. The number of hydrogen-bond donors (Lipinski definition) is 1. The summed E-state index contributed by atoms with van der Waals surface area (Å²) < 4.78 is 51.6. The Hall–Kier alpha value is -1.49. The first-order chi connectivity index (χ1) is 13.3. The molecule has 10 heteroatoms. The standard InChI is InChI=1S/C19H24BrF2N3O3S/c1-6-28-16(26)19(21,22)18(5,24-29(27)17(2,3)4)13-11-23-25(12-13)15-9-7-8-14(20)10-15/h7-12,24H,6H2,1-5H3/t18?,29-/m1/s1. The summed E-state index contributed by atoms with van der Waals surface area (Å²) in [5, 5.41) is 4.15. The lowest BCUT2D eigenvalue weighted by atomic mass is 9.88. The average Bonchev–Trinajstić information content (AvgIpc) is 3.11. The maximum absolute atomic E-state index is 15.2. The molecule has 0 spiro atoms. The molecule has 29 heavy (non-hydrogen) atoms. The molecule has 0 aliphatic heterocycles. The summed E-state index contributed by atoms with van der Waals surface area (Å²) >= 11 is 1.46. The minimum absolute atomic E-state index is 0.00636. The first kappa shape index (κ1) is 23.8. The molecule has 1 N–H and O–H groups in total. The monoisotopic (exact) mass is 491 g/mol. The average molecular weight is 492 g/mol. The number of halogens is 3. The lowest BCUT2D eigenvalue weighted by Crippen LogP contribution is -2.61. The number of aromatic nitrogens is 2. The summed E-state index contributed by atoms with van der Waals surface area (Å²) in [4.78, 5) is 12.1. The van der Waals surface area contributed by atoms with Crippen molar-refractivity contribution in [2.75, 3.05) is 6.61 Å². The molecule has 1 heterocycles. The molecule has 160 valence electrons. The zero-order valence-electron chi connectivity index (χ0n) is 16.8. The number of ether oxygens (including phenoxy) is 1. The molecule has 1 aromatic carbocycles. The number of rotatable bonds is 7. The molecule has 2 atom stereocenters. The van der Waals surface area contributed by atoms with Gasteiger partial charge in [-0.15, -0.1) is 4.72 Å². The highest BCUT2D eigenvalue weighted by atomic mass is 79.9. The third-order valence-electron chi connectivity index (χ3n) is 4.25. The van der Waals surface area contributed by atoms with Gasteiger partial charge in [-0.2, -0.15) is 13.9 Å². The van der Waals surface area contributed by atoms with Gasteiger partial charge in [0.25, 0.3) is 0 Å². The van der Waals surface area contributed by atoms with Gasteiger partial charge in [0.2, 0.25) is 0 Å². The molecule has 0 amide bonds. The largest absolute Gasteiger partial charge is 0.598 e. The molecule has 0 saturated carbocycles. The van der Waals surface area contributed by atoms with E-state index in [9.17, 15) is 9.35 Å². The van der Waals surface area contributed by atoms with Crippen LogP contribution in [0.4, 0.5) is 8.78 Å². The van der Waals surface area contributed by atoms with E-state index in [0.717, 1.165) is 11.4 Å². The second-order valence-corrected chi connectivity index (χ2v) is 10.4. The van der Waals surface area contributed by atoms with E-state index in [2.05, 4.69) is 30.5 Å². The Morgan fingerprint density at radius 2 is 2.00 bits per heavy atom. The van der Waals surface area contributed by atoms with Gasteiger partial charge in [0, 0.05) is 27.6 Å². The van der Waals surface area contributed by atoms with Crippen LogP contribution in [0.1, 0.15) is 40.2 Å². The van der Waals surface area contributed by atoms with E-state index in [1.165, 1.54) is 24.0 Å². The van der Waals surface area contributed by atoms with Crippen LogP contribution < -0.4 is 4.72 Å². The maximum atomic E-state index is 15.2. The summed E-state index contributed by atoms with van der Waals surface area (Å²) in [6.07, 6.45) is 2.60. The lowest BCUT2D eigenvalue weighted by molar-refractivity contribution is -0.183. The first-order valence-electron chi connectivity index (χ1n) is 8.88. The van der Waals surface area contributed by atoms with E-state index < -0.39 is 33.5 Å². The van der Waals surface area contributed by atoms with Gasteiger partial charge in [-0.1, -0.05) is 22.0 Å². The zero-order valence-corrected chi connectivity index (χ0v) is 19.2. The van der Waals surface area contributed by atoms with Gasteiger partial charge >= 0.3 is 11.9 Å². The highest BCUT2D eigenvalue weighted by molar-refractivity contribution is 9.10. The van der Waals surface area contributed by atoms with Crippen LogP contribution in [0.15, 0.2) is 41.1 Å². The Bertz CT molecular complexity index is 872. The van der Waals surface area contributed by atoms with Crippen molar-refractivity contribution in [1.82, 2.24) is 14.5 Å². The quantitative estimate of drug-likeness (QED) is 0.465. The van der Waals surface area contributed by atoms with Crippen LogP contribution >= 0.6 is 15.9 Å². The Morgan fingerprint density at radius 3 is 2.55 bits per heavy atom. The van der Waals surface area contributed by atoms with Gasteiger partial charge in [0.1, 0.15) is 4.75 Å². The van der Waals surface area contributed by atoms with E-state index in [1.807, 2.05) is 6.07 Å². The number of nitrogens with zero attached hydrogens (tertiary/aromatic N) is 2. The van der Waals surface area contributed by atoms with Gasteiger partial charge in [0.15, 0.2) is 5.54 Å². The van der Waals surface area contributed by atoms with Crippen LogP contribution in [0, 0.1) is 0 Å². The summed E-state index contributed by atoms with van der Waals surface area (Å²) in [7, 11) is 0. The van der Waals surface area contributed by atoms with Crippen molar-refractivity contribution in [3.05, 3.63) is 46.7 Å². The van der Waals surface area contributed by atoms with Gasteiger partial charge in [-0.05, 0) is 52.8 Å². The zero-order chi connectivity index (χ0) is 22.0. The fraction of sp³-hybridized carbons (Fsp3) is 0.474. The fourth-order valence-corrected chi connectivity index (χ4v) is 3.72. The Kier molecular flexibility index (Phi) is 7.14. The molecule has 1 aromatic heterocycles. The van der Waals surface area contributed by atoms with Gasteiger partial charge in [0.05, 0.1) is 18.5 Å². The van der Waals surface area contributed by atoms with Crippen LogP contribution in [-0.4, -0.2) is 37.6 Å². The van der Waals surface area contributed by atoms with E-state index in [0.29, 0.717) is 5.69 Å². The van der Waals surface area contributed by atoms with Crippen molar-refractivity contribution in [1.29, 1.82) is 0 Å². The smallest absolute Gasteiger partial charge is 0.379 e.